The summed E-state index contributed by atoms with van der Waals surface area (Å²) in [5, 5.41) is 0. The fraction of sp³-hybridized carbons (Fsp3) is 0.176. The number of hydrogen-bond donors (Lipinski definition) is 3. The summed E-state index contributed by atoms with van der Waals surface area (Å²) >= 11 is 0. The maximum absolute atomic E-state index is 11.4. The molecule has 0 radical (unpaired) electrons. The smallest absolute Gasteiger partial charge is 0.323 e. The number of aromatic nitrogens is 4. The summed E-state index contributed by atoms with van der Waals surface area (Å²) in [5.74, 6) is 1.67. The van der Waals surface area contributed by atoms with Crippen molar-refractivity contribution in [2.24, 2.45) is 0 Å². The van der Waals surface area contributed by atoms with Crippen LogP contribution < -0.4 is 10.4 Å². The van der Waals surface area contributed by atoms with E-state index in [0.29, 0.717) is 0 Å². The minimum absolute atomic E-state index is 0.213. The molecule has 2 aromatic heterocycles. The number of aromatic amines is 3. The van der Waals surface area contributed by atoms with Gasteiger partial charge in [-0.1, -0.05) is 0 Å². The summed E-state index contributed by atoms with van der Waals surface area (Å²) in [6, 6.07) is 7.85. The number of ether oxygens (including phenoxy) is 1. The van der Waals surface area contributed by atoms with Gasteiger partial charge in [0, 0.05) is 5.56 Å². The van der Waals surface area contributed by atoms with E-state index in [1.807, 2.05) is 32.0 Å². The Bertz CT molecular complexity index is 1050. The van der Waals surface area contributed by atoms with Crippen molar-refractivity contribution in [3.63, 3.8) is 0 Å². The van der Waals surface area contributed by atoms with E-state index < -0.39 is 0 Å². The molecule has 6 nitrogen and oxygen atoms in total. The highest BCUT2D eigenvalue weighted by Gasteiger charge is 2.12. The highest BCUT2D eigenvalue weighted by atomic mass is 16.5. The Kier molecular flexibility index (Phi) is 2.81. The van der Waals surface area contributed by atoms with Crippen LogP contribution in [0, 0.1) is 13.8 Å². The van der Waals surface area contributed by atoms with Gasteiger partial charge in [-0.15, -0.1) is 0 Å². The molecule has 2 aromatic carbocycles. The average Bonchev–Trinajstić information content (AvgIpc) is 3.07. The Labute approximate surface area is 131 Å². The van der Waals surface area contributed by atoms with Crippen LogP contribution in [0.3, 0.4) is 0 Å². The number of methoxy groups -OCH3 is 1. The zero-order chi connectivity index (χ0) is 16.1. The minimum Gasteiger partial charge on any atom is -0.496 e. The van der Waals surface area contributed by atoms with Gasteiger partial charge in [-0.3, -0.25) is 0 Å². The molecule has 0 aliphatic carbocycles. The zero-order valence-electron chi connectivity index (χ0n) is 13.1. The first-order valence-corrected chi connectivity index (χ1v) is 7.32. The molecule has 0 saturated carbocycles. The lowest BCUT2D eigenvalue weighted by molar-refractivity contribution is 0.411. The monoisotopic (exact) mass is 308 g/mol. The molecule has 0 spiro atoms. The molecule has 116 valence electrons. The molecule has 0 atom stereocenters. The summed E-state index contributed by atoms with van der Waals surface area (Å²) in [4.78, 5) is 24.9. The third-order valence-electron chi connectivity index (χ3n) is 4.11. The molecule has 23 heavy (non-hydrogen) atoms. The molecular weight excluding hydrogens is 292 g/mol. The van der Waals surface area contributed by atoms with Crippen LogP contribution in [-0.2, 0) is 0 Å². The van der Waals surface area contributed by atoms with Gasteiger partial charge in [0.25, 0.3) is 0 Å². The van der Waals surface area contributed by atoms with E-state index in [2.05, 4.69) is 26.0 Å². The van der Waals surface area contributed by atoms with E-state index in [4.69, 9.17) is 4.74 Å². The number of rotatable bonds is 2. The van der Waals surface area contributed by atoms with E-state index in [1.54, 1.807) is 7.11 Å². The Morgan fingerprint density at radius 2 is 1.65 bits per heavy atom. The molecule has 0 bridgehead atoms. The number of aryl methyl sites for hydroxylation is 2. The molecule has 0 aliphatic rings. The molecule has 3 N–H and O–H groups in total. The highest BCUT2D eigenvalue weighted by molar-refractivity contribution is 5.92. The lowest BCUT2D eigenvalue weighted by atomic mass is 10.0. The standard InChI is InChI=1S/C17H16N4O2/c1-8-5-15(23-3)9(2)4-10(8)16-18-11-6-13-14(7-12(11)19-16)21-17(22)20-13/h4-7H,1-3H3,(H,18,19)(H2,20,21,22). The molecule has 4 rings (SSSR count). The first-order valence-electron chi connectivity index (χ1n) is 7.32. The van der Waals surface area contributed by atoms with Gasteiger partial charge >= 0.3 is 5.69 Å². The molecular formula is C17H16N4O2. The Balaban J connectivity index is 1.92. The van der Waals surface area contributed by atoms with Crippen LogP contribution in [0.25, 0.3) is 33.5 Å². The van der Waals surface area contributed by atoms with Gasteiger partial charge < -0.3 is 19.7 Å². The Morgan fingerprint density at radius 3 is 2.39 bits per heavy atom. The topological polar surface area (TPSA) is 86.6 Å². The average molecular weight is 308 g/mol. The largest absolute Gasteiger partial charge is 0.496 e. The fourth-order valence-corrected chi connectivity index (χ4v) is 2.93. The van der Waals surface area contributed by atoms with Crippen LogP contribution in [0.5, 0.6) is 5.75 Å². The molecule has 4 aromatic rings. The molecule has 0 fully saturated rings. The normalized spacial score (nSPS) is 11.4. The van der Waals surface area contributed by atoms with Crippen molar-refractivity contribution < 1.29 is 4.74 Å². The van der Waals surface area contributed by atoms with Crippen molar-refractivity contribution >= 4 is 22.1 Å². The SMILES string of the molecule is COc1cc(C)c(-c2nc3cc4[nH]c(=O)[nH]c4cc3[nH]2)cc1C. The van der Waals surface area contributed by atoms with Gasteiger partial charge in [0.15, 0.2) is 0 Å². The molecule has 0 saturated heterocycles. The van der Waals surface area contributed by atoms with Crippen LogP contribution >= 0.6 is 0 Å². The Morgan fingerprint density at radius 1 is 0.913 bits per heavy atom. The third-order valence-corrected chi connectivity index (χ3v) is 4.11. The Hall–Kier alpha value is -3.02. The van der Waals surface area contributed by atoms with Gasteiger partial charge in [0.05, 0.1) is 29.2 Å². The van der Waals surface area contributed by atoms with Crippen molar-refractivity contribution in [1.82, 2.24) is 19.9 Å². The van der Waals surface area contributed by atoms with Gasteiger partial charge in [-0.2, -0.15) is 0 Å². The number of hydrogen-bond acceptors (Lipinski definition) is 3. The fourth-order valence-electron chi connectivity index (χ4n) is 2.93. The van der Waals surface area contributed by atoms with E-state index in [-0.39, 0.29) is 5.69 Å². The van der Waals surface area contributed by atoms with Crippen molar-refractivity contribution in [2.45, 2.75) is 13.8 Å². The lowest BCUT2D eigenvalue weighted by Crippen LogP contribution is -1.99. The number of fused-ring (bicyclic) bond motifs is 2. The molecule has 2 heterocycles. The van der Waals surface area contributed by atoms with E-state index >= 15 is 0 Å². The summed E-state index contributed by atoms with van der Waals surface area (Å²) in [7, 11) is 1.67. The second-order valence-corrected chi connectivity index (χ2v) is 5.72. The molecule has 0 amide bonds. The minimum atomic E-state index is -0.213. The number of benzene rings is 2. The first-order chi connectivity index (χ1) is 11.0. The lowest BCUT2D eigenvalue weighted by Gasteiger charge is -2.09. The molecule has 0 aliphatic heterocycles. The van der Waals surface area contributed by atoms with Crippen LogP contribution in [0.1, 0.15) is 11.1 Å². The molecule has 0 unspecified atom stereocenters. The number of nitrogens with one attached hydrogen (secondary N) is 3. The maximum atomic E-state index is 11.4. The van der Waals surface area contributed by atoms with Gasteiger partial charge in [-0.25, -0.2) is 9.78 Å². The number of H-pyrrole nitrogens is 3. The maximum Gasteiger partial charge on any atom is 0.323 e. The highest BCUT2D eigenvalue weighted by Crippen LogP contribution is 2.30. The van der Waals surface area contributed by atoms with E-state index in [9.17, 15) is 4.79 Å². The summed E-state index contributed by atoms with van der Waals surface area (Å²) in [6.07, 6.45) is 0. The van der Waals surface area contributed by atoms with E-state index in [1.165, 1.54) is 0 Å². The zero-order valence-corrected chi connectivity index (χ0v) is 13.1. The van der Waals surface area contributed by atoms with Crippen LogP contribution in [0.4, 0.5) is 0 Å². The number of imidazole rings is 2. The quantitative estimate of drug-likeness (QED) is 0.532. The van der Waals surface area contributed by atoms with Crippen molar-refractivity contribution in [2.75, 3.05) is 7.11 Å². The van der Waals surface area contributed by atoms with Crippen LogP contribution in [0.2, 0.25) is 0 Å². The predicted molar refractivity (Wildman–Crippen MR) is 90.0 cm³/mol. The van der Waals surface area contributed by atoms with Crippen molar-refractivity contribution in [3.05, 3.63) is 45.9 Å². The second kappa shape index (κ2) is 4.74. The number of nitrogens with zero attached hydrogens (tertiary/aromatic N) is 1. The van der Waals surface area contributed by atoms with Gasteiger partial charge in [-0.05, 0) is 49.2 Å². The van der Waals surface area contributed by atoms with Crippen LogP contribution in [0.15, 0.2) is 29.1 Å². The summed E-state index contributed by atoms with van der Waals surface area (Å²) < 4.78 is 5.36. The van der Waals surface area contributed by atoms with Crippen molar-refractivity contribution in [1.29, 1.82) is 0 Å². The summed E-state index contributed by atoms with van der Waals surface area (Å²) in [6.45, 7) is 4.05. The van der Waals surface area contributed by atoms with Gasteiger partial charge in [0.2, 0.25) is 0 Å². The third kappa shape index (κ3) is 2.11. The van der Waals surface area contributed by atoms with Gasteiger partial charge in [0.1, 0.15) is 11.6 Å². The second-order valence-electron chi connectivity index (χ2n) is 5.72. The first kappa shape index (κ1) is 13.6. The summed E-state index contributed by atoms with van der Waals surface area (Å²) in [5.41, 5.74) is 6.19. The predicted octanol–water partition coefficient (Wildman–Crippen LogP) is 3.02. The molecule has 6 heteroatoms. The van der Waals surface area contributed by atoms with Crippen LogP contribution in [-0.4, -0.2) is 27.0 Å². The van der Waals surface area contributed by atoms with E-state index in [0.717, 1.165) is 50.3 Å². The van der Waals surface area contributed by atoms with Crippen molar-refractivity contribution in [3.8, 4) is 17.1 Å².